The van der Waals surface area contributed by atoms with Gasteiger partial charge < -0.3 is 9.84 Å². The van der Waals surface area contributed by atoms with E-state index in [4.69, 9.17) is 16.3 Å². The topological polar surface area (TPSA) is 42.4 Å². The lowest BCUT2D eigenvalue weighted by atomic mass is 9.86. The molecule has 0 saturated carbocycles. The summed E-state index contributed by atoms with van der Waals surface area (Å²) >= 11 is 6.08. The number of nitrogens with zero attached hydrogens (tertiary/aromatic N) is 1. The van der Waals surface area contributed by atoms with E-state index >= 15 is 0 Å². The number of hydrogen-bond acceptors (Lipinski definition) is 3. The number of benzene rings is 1. The van der Waals surface area contributed by atoms with Crippen LogP contribution in [0.15, 0.2) is 42.5 Å². The molecule has 0 aliphatic rings. The van der Waals surface area contributed by atoms with Crippen molar-refractivity contribution < 1.29 is 9.84 Å². The quantitative estimate of drug-likeness (QED) is 0.841. The van der Waals surface area contributed by atoms with E-state index in [1.54, 1.807) is 13.2 Å². The summed E-state index contributed by atoms with van der Waals surface area (Å²) in [5, 5.41) is 9.67. The van der Waals surface area contributed by atoms with Crippen molar-refractivity contribution in [2.24, 2.45) is 0 Å². The first-order valence-electron chi connectivity index (χ1n) is 7.99. The van der Waals surface area contributed by atoms with Gasteiger partial charge in [-0.25, -0.2) is 4.98 Å². The lowest BCUT2D eigenvalue weighted by Gasteiger charge is -2.19. The number of halogens is 1. The van der Waals surface area contributed by atoms with Crippen LogP contribution >= 0.6 is 11.6 Å². The van der Waals surface area contributed by atoms with Gasteiger partial charge in [0.15, 0.2) is 0 Å². The fourth-order valence-corrected chi connectivity index (χ4v) is 2.63. The zero-order chi connectivity index (χ0) is 17.7. The highest BCUT2D eigenvalue weighted by Gasteiger charge is 2.15. The molecule has 1 heterocycles. The molecule has 2 aromatic rings. The normalized spacial score (nSPS) is 12.3. The van der Waals surface area contributed by atoms with Crippen molar-refractivity contribution in [1.82, 2.24) is 4.98 Å². The van der Waals surface area contributed by atoms with E-state index in [0.29, 0.717) is 17.3 Å². The van der Waals surface area contributed by atoms with Gasteiger partial charge in [0.1, 0.15) is 5.02 Å². The van der Waals surface area contributed by atoms with Crippen molar-refractivity contribution in [3.63, 3.8) is 0 Å². The molecular formula is C20H24ClNO2. The Morgan fingerprint density at radius 2 is 1.83 bits per heavy atom. The van der Waals surface area contributed by atoms with Gasteiger partial charge in [-0.2, -0.15) is 0 Å². The predicted octanol–water partition coefficient (Wildman–Crippen LogP) is 4.86. The van der Waals surface area contributed by atoms with Crippen molar-refractivity contribution in [2.75, 3.05) is 13.7 Å². The Morgan fingerprint density at radius 3 is 2.38 bits per heavy atom. The lowest BCUT2D eigenvalue weighted by Crippen LogP contribution is -2.10. The van der Waals surface area contributed by atoms with E-state index in [0.717, 1.165) is 16.8 Å². The van der Waals surface area contributed by atoms with E-state index in [1.165, 1.54) is 5.56 Å². The first-order chi connectivity index (χ1) is 11.4. The first kappa shape index (κ1) is 18.5. The van der Waals surface area contributed by atoms with Gasteiger partial charge in [-0.05, 0) is 35.1 Å². The van der Waals surface area contributed by atoms with Gasteiger partial charge in [-0.1, -0.05) is 62.7 Å². The van der Waals surface area contributed by atoms with Crippen LogP contribution in [0.3, 0.4) is 0 Å². The Labute approximate surface area is 149 Å². The zero-order valence-electron chi connectivity index (χ0n) is 14.6. The van der Waals surface area contributed by atoms with Gasteiger partial charge in [0.05, 0.1) is 12.8 Å². The maximum absolute atomic E-state index is 9.19. The number of ether oxygens (including phenoxy) is 1. The van der Waals surface area contributed by atoms with E-state index in [9.17, 15) is 5.11 Å². The molecule has 0 unspecified atom stereocenters. The van der Waals surface area contributed by atoms with Crippen LogP contribution in [0.5, 0.6) is 5.88 Å². The smallest absolute Gasteiger partial charge is 0.232 e. The third-order valence-corrected chi connectivity index (χ3v) is 4.11. The summed E-state index contributed by atoms with van der Waals surface area (Å²) in [7, 11) is 1.55. The van der Waals surface area contributed by atoms with Gasteiger partial charge in [0, 0.05) is 12.2 Å². The van der Waals surface area contributed by atoms with Crippen LogP contribution in [-0.4, -0.2) is 23.8 Å². The molecule has 0 spiro atoms. The molecule has 2 rings (SSSR count). The molecular weight excluding hydrogens is 322 g/mol. The summed E-state index contributed by atoms with van der Waals surface area (Å²) in [6.07, 6.45) is 2.55. The number of aliphatic hydroxyl groups excluding tert-OH is 1. The van der Waals surface area contributed by atoms with Gasteiger partial charge in [0.25, 0.3) is 0 Å². The number of hydrogen-bond donors (Lipinski definition) is 1. The van der Waals surface area contributed by atoms with Crippen LogP contribution in [0.2, 0.25) is 5.02 Å². The van der Waals surface area contributed by atoms with Gasteiger partial charge in [-0.3, -0.25) is 0 Å². The third kappa shape index (κ3) is 4.37. The molecule has 0 atom stereocenters. The standard InChI is InChI=1S/C20H24ClNO2/c1-20(2,3)15-9-7-14(8-10-15)16(6-5-13-23)18-12-11-17(21)19(22-18)24-4/h6-12,23H,5,13H2,1-4H3/b16-6+. The second-order valence-corrected chi connectivity index (χ2v) is 7.05. The minimum atomic E-state index is 0.0916. The molecule has 24 heavy (non-hydrogen) atoms. The molecule has 0 fully saturated rings. The summed E-state index contributed by atoms with van der Waals surface area (Å²) in [5.74, 6) is 0.398. The Balaban J connectivity index is 2.46. The number of rotatable bonds is 5. The monoisotopic (exact) mass is 345 g/mol. The predicted molar refractivity (Wildman–Crippen MR) is 99.7 cm³/mol. The Morgan fingerprint density at radius 1 is 1.17 bits per heavy atom. The summed E-state index contributed by atoms with van der Waals surface area (Å²) in [6.45, 7) is 6.66. The van der Waals surface area contributed by atoms with Crippen LogP contribution in [-0.2, 0) is 5.41 Å². The molecule has 4 heteroatoms. The minimum absolute atomic E-state index is 0.0916. The molecule has 0 saturated heterocycles. The van der Waals surface area contributed by atoms with Crippen LogP contribution in [0.25, 0.3) is 5.57 Å². The zero-order valence-corrected chi connectivity index (χ0v) is 15.4. The van der Waals surface area contributed by atoms with Crippen molar-refractivity contribution >= 4 is 17.2 Å². The molecule has 0 amide bonds. The summed E-state index contributed by atoms with van der Waals surface area (Å²) in [4.78, 5) is 4.49. The molecule has 0 aliphatic carbocycles. The van der Waals surface area contributed by atoms with E-state index in [-0.39, 0.29) is 12.0 Å². The molecule has 0 bridgehead atoms. The SMILES string of the molecule is COc1nc(/C(=C/CCO)c2ccc(C(C)(C)C)cc2)ccc1Cl. The fourth-order valence-electron chi connectivity index (χ4n) is 2.45. The van der Waals surface area contributed by atoms with Crippen LogP contribution in [0.4, 0.5) is 0 Å². The molecule has 1 N–H and O–H groups in total. The first-order valence-corrected chi connectivity index (χ1v) is 8.37. The average molecular weight is 346 g/mol. The molecule has 0 radical (unpaired) electrons. The van der Waals surface area contributed by atoms with E-state index in [2.05, 4.69) is 50.0 Å². The number of pyridine rings is 1. The molecule has 0 aliphatic heterocycles. The summed E-state index contributed by atoms with van der Waals surface area (Å²) in [6, 6.07) is 12.1. The van der Waals surface area contributed by atoms with Crippen molar-refractivity contribution in [3.05, 3.63) is 64.3 Å². The highest BCUT2D eigenvalue weighted by molar-refractivity contribution is 6.31. The Bertz CT molecular complexity index is 715. The van der Waals surface area contributed by atoms with E-state index < -0.39 is 0 Å². The second-order valence-electron chi connectivity index (χ2n) is 6.65. The van der Waals surface area contributed by atoms with E-state index in [1.807, 2.05) is 12.1 Å². The third-order valence-electron chi connectivity index (χ3n) is 3.82. The van der Waals surface area contributed by atoms with Crippen molar-refractivity contribution in [3.8, 4) is 5.88 Å². The average Bonchev–Trinajstić information content (AvgIpc) is 2.56. The molecule has 1 aromatic carbocycles. The molecule has 1 aromatic heterocycles. The summed E-state index contributed by atoms with van der Waals surface area (Å²) in [5.41, 5.74) is 4.16. The highest BCUT2D eigenvalue weighted by atomic mass is 35.5. The fraction of sp³-hybridized carbons (Fsp3) is 0.350. The van der Waals surface area contributed by atoms with Gasteiger partial charge in [0.2, 0.25) is 5.88 Å². The van der Waals surface area contributed by atoms with Crippen LogP contribution < -0.4 is 4.74 Å². The van der Waals surface area contributed by atoms with Gasteiger partial charge in [-0.15, -0.1) is 0 Å². The molecule has 3 nitrogen and oxygen atoms in total. The Kier molecular flexibility index (Phi) is 6.03. The number of aliphatic hydroxyl groups is 1. The van der Waals surface area contributed by atoms with Crippen molar-refractivity contribution in [2.45, 2.75) is 32.6 Å². The van der Waals surface area contributed by atoms with Crippen LogP contribution in [0, 0.1) is 0 Å². The van der Waals surface area contributed by atoms with Gasteiger partial charge >= 0.3 is 0 Å². The Hall–Kier alpha value is -1.84. The highest BCUT2D eigenvalue weighted by Crippen LogP contribution is 2.30. The number of methoxy groups -OCH3 is 1. The largest absolute Gasteiger partial charge is 0.480 e. The second kappa shape index (κ2) is 7.82. The summed E-state index contributed by atoms with van der Waals surface area (Å²) < 4.78 is 5.22. The van der Waals surface area contributed by atoms with Crippen LogP contribution in [0.1, 0.15) is 44.0 Å². The number of aromatic nitrogens is 1. The molecule has 128 valence electrons. The maximum Gasteiger partial charge on any atom is 0.232 e. The van der Waals surface area contributed by atoms with Crippen molar-refractivity contribution in [1.29, 1.82) is 0 Å². The lowest BCUT2D eigenvalue weighted by molar-refractivity contribution is 0.303. The maximum atomic E-state index is 9.19. The minimum Gasteiger partial charge on any atom is -0.480 e.